The van der Waals surface area contributed by atoms with E-state index in [1.54, 1.807) is 0 Å². The highest BCUT2D eigenvalue weighted by atomic mass is 16.5. The predicted molar refractivity (Wildman–Crippen MR) is 68.5 cm³/mol. The van der Waals surface area contributed by atoms with E-state index in [4.69, 9.17) is 10.5 Å². The molecular weight excluding hydrogens is 200 g/mol. The van der Waals surface area contributed by atoms with Crippen molar-refractivity contribution in [2.45, 2.75) is 51.7 Å². The van der Waals surface area contributed by atoms with Crippen molar-refractivity contribution in [3.05, 3.63) is 0 Å². The Balaban J connectivity index is 2.20. The Labute approximate surface area is 100 Å². The Morgan fingerprint density at radius 3 is 2.75 bits per heavy atom. The average Bonchev–Trinajstić information content (AvgIpc) is 2.29. The third-order valence-electron chi connectivity index (χ3n) is 3.69. The van der Waals surface area contributed by atoms with Crippen LogP contribution in [0.2, 0.25) is 0 Å². The SMILES string of the molecule is CCC(C)C(N)CN(C)CC1CCCCO1. The first-order valence-corrected chi connectivity index (χ1v) is 6.69. The molecule has 0 spiro atoms. The lowest BCUT2D eigenvalue weighted by atomic mass is 9.99. The van der Waals surface area contributed by atoms with Gasteiger partial charge < -0.3 is 15.4 Å². The molecule has 1 saturated heterocycles. The van der Waals surface area contributed by atoms with Gasteiger partial charge in [-0.1, -0.05) is 20.3 Å². The number of nitrogens with zero attached hydrogens (tertiary/aromatic N) is 1. The Bertz CT molecular complexity index is 177. The van der Waals surface area contributed by atoms with Crippen LogP contribution in [0.4, 0.5) is 0 Å². The monoisotopic (exact) mass is 228 g/mol. The summed E-state index contributed by atoms with van der Waals surface area (Å²) in [5.41, 5.74) is 6.15. The number of hydrogen-bond acceptors (Lipinski definition) is 3. The Hall–Kier alpha value is -0.120. The fraction of sp³-hybridized carbons (Fsp3) is 1.00. The van der Waals surface area contributed by atoms with Crippen LogP contribution in [0.25, 0.3) is 0 Å². The second-order valence-corrected chi connectivity index (χ2v) is 5.26. The van der Waals surface area contributed by atoms with Gasteiger partial charge in [-0.2, -0.15) is 0 Å². The van der Waals surface area contributed by atoms with E-state index in [2.05, 4.69) is 25.8 Å². The fourth-order valence-electron chi connectivity index (χ4n) is 2.22. The number of hydrogen-bond donors (Lipinski definition) is 1. The summed E-state index contributed by atoms with van der Waals surface area (Å²) in [6.45, 7) is 7.39. The van der Waals surface area contributed by atoms with E-state index in [1.165, 1.54) is 19.3 Å². The zero-order valence-electron chi connectivity index (χ0n) is 11.1. The Kier molecular flexibility index (Phi) is 6.32. The maximum absolute atomic E-state index is 6.15. The molecule has 3 nitrogen and oxygen atoms in total. The standard InChI is InChI=1S/C13H28N2O/c1-4-11(2)13(14)10-15(3)9-12-7-5-6-8-16-12/h11-13H,4-10,14H2,1-3H3. The van der Waals surface area contributed by atoms with Gasteiger partial charge >= 0.3 is 0 Å². The highest BCUT2D eigenvalue weighted by Crippen LogP contribution is 2.14. The quantitative estimate of drug-likeness (QED) is 0.754. The predicted octanol–water partition coefficient (Wildman–Crippen LogP) is 1.86. The molecule has 0 radical (unpaired) electrons. The van der Waals surface area contributed by atoms with Gasteiger partial charge in [0.15, 0.2) is 0 Å². The second kappa shape index (κ2) is 7.25. The molecule has 1 heterocycles. The van der Waals surface area contributed by atoms with Crippen LogP contribution in [0.5, 0.6) is 0 Å². The summed E-state index contributed by atoms with van der Waals surface area (Å²) in [5.74, 6) is 0.606. The van der Waals surface area contributed by atoms with Gasteiger partial charge in [-0.05, 0) is 32.2 Å². The molecule has 2 N–H and O–H groups in total. The largest absolute Gasteiger partial charge is 0.377 e. The van der Waals surface area contributed by atoms with E-state index in [-0.39, 0.29) is 0 Å². The Morgan fingerprint density at radius 2 is 2.19 bits per heavy atom. The van der Waals surface area contributed by atoms with Gasteiger partial charge in [0.25, 0.3) is 0 Å². The lowest BCUT2D eigenvalue weighted by Crippen LogP contribution is -2.43. The number of likely N-dealkylation sites (N-methyl/N-ethyl adjacent to an activating group) is 1. The fourth-order valence-corrected chi connectivity index (χ4v) is 2.22. The normalized spacial score (nSPS) is 25.7. The smallest absolute Gasteiger partial charge is 0.0701 e. The molecule has 0 aliphatic carbocycles. The third kappa shape index (κ3) is 4.81. The Morgan fingerprint density at radius 1 is 1.44 bits per heavy atom. The first-order valence-electron chi connectivity index (χ1n) is 6.69. The van der Waals surface area contributed by atoms with E-state index >= 15 is 0 Å². The molecule has 3 unspecified atom stereocenters. The van der Waals surface area contributed by atoms with Gasteiger partial charge in [0.1, 0.15) is 0 Å². The summed E-state index contributed by atoms with van der Waals surface area (Å²) in [6.07, 6.45) is 5.35. The molecule has 96 valence electrons. The average molecular weight is 228 g/mol. The molecule has 1 fully saturated rings. The van der Waals surface area contributed by atoms with Gasteiger partial charge in [-0.3, -0.25) is 0 Å². The third-order valence-corrected chi connectivity index (χ3v) is 3.69. The van der Waals surface area contributed by atoms with Crippen molar-refractivity contribution in [3.63, 3.8) is 0 Å². The van der Waals surface area contributed by atoms with Gasteiger partial charge in [0.05, 0.1) is 6.10 Å². The zero-order chi connectivity index (χ0) is 12.0. The summed E-state index contributed by atoms with van der Waals surface area (Å²) < 4.78 is 5.73. The molecule has 0 bridgehead atoms. The van der Waals surface area contributed by atoms with Crippen LogP contribution in [-0.4, -0.2) is 43.8 Å². The molecule has 3 atom stereocenters. The molecule has 0 aromatic heterocycles. The summed E-state index contributed by atoms with van der Waals surface area (Å²) in [5, 5.41) is 0. The van der Waals surface area contributed by atoms with E-state index in [9.17, 15) is 0 Å². The van der Waals surface area contributed by atoms with Crippen molar-refractivity contribution >= 4 is 0 Å². The zero-order valence-corrected chi connectivity index (χ0v) is 11.1. The maximum Gasteiger partial charge on any atom is 0.0701 e. The minimum Gasteiger partial charge on any atom is -0.377 e. The van der Waals surface area contributed by atoms with Crippen molar-refractivity contribution in [2.24, 2.45) is 11.7 Å². The lowest BCUT2D eigenvalue weighted by molar-refractivity contribution is -0.00277. The van der Waals surface area contributed by atoms with Crippen molar-refractivity contribution in [1.82, 2.24) is 4.90 Å². The van der Waals surface area contributed by atoms with Crippen molar-refractivity contribution in [2.75, 3.05) is 26.7 Å². The van der Waals surface area contributed by atoms with E-state index < -0.39 is 0 Å². The van der Waals surface area contributed by atoms with Crippen molar-refractivity contribution in [1.29, 1.82) is 0 Å². The molecule has 1 aliphatic heterocycles. The van der Waals surface area contributed by atoms with Crippen LogP contribution in [-0.2, 0) is 4.74 Å². The van der Waals surface area contributed by atoms with Gasteiger partial charge in [-0.25, -0.2) is 0 Å². The molecule has 1 rings (SSSR count). The molecule has 0 aromatic rings. The van der Waals surface area contributed by atoms with E-state index in [0.29, 0.717) is 18.1 Å². The van der Waals surface area contributed by atoms with E-state index in [1.807, 2.05) is 0 Å². The maximum atomic E-state index is 6.15. The summed E-state index contributed by atoms with van der Waals surface area (Å²) in [7, 11) is 2.15. The molecule has 0 saturated carbocycles. The molecule has 0 amide bonds. The molecule has 1 aliphatic rings. The van der Waals surface area contributed by atoms with Crippen LogP contribution in [0.1, 0.15) is 39.5 Å². The van der Waals surface area contributed by atoms with Crippen molar-refractivity contribution < 1.29 is 4.74 Å². The molecule has 3 heteroatoms. The number of rotatable bonds is 6. The molecular formula is C13H28N2O. The van der Waals surface area contributed by atoms with Crippen LogP contribution < -0.4 is 5.73 Å². The second-order valence-electron chi connectivity index (χ2n) is 5.26. The van der Waals surface area contributed by atoms with Crippen LogP contribution in [0.3, 0.4) is 0 Å². The topological polar surface area (TPSA) is 38.5 Å². The van der Waals surface area contributed by atoms with Crippen LogP contribution >= 0.6 is 0 Å². The first-order chi connectivity index (χ1) is 7.63. The highest BCUT2D eigenvalue weighted by molar-refractivity contribution is 4.74. The minimum absolute atomic E-state index is 0.290. The first kappa shape index (κ1) is 13.9. The van der Waals surface area contributed by atoms with Crippen LogP contribution in [0.15, 0.2) is 0 Å². The minimum atomic E-state index is 0.290. The van der Waals surface area contributed by atoms with Gasteiger partial charge in [-0.15, -0.1) is 0 Å². The van der Waals surface area contributed by atoms with Gasteiger partial charge in [0.2, 0.25) is 0 Å². The summed E-state index contributed by atoms with van der Waals surface area (Å²) in [6, 6.07) is 0.290. The molecule has 0 aromatic carbocycles. The summed E-state index contributed by atoms with van der Waals surface area (Å²) >= 11 is 0. The summed E-state index contributed by atoms with van der Waals surface area (Å²) in [4.78, 5) is 2.33. The van der Waals surface area contributed by atoms with Crippen LogP contribution in [0, 0.1) is 5.92 Å². The van der Waals surface area contributed by atoms with Crippen molar-refractivity contribution in [3.8, 4) is 0 Å². The van der Waals surface area contributed by atoms with Gasteiger partial charge in [0, 0.05) is 25.7 Å². The number of nitrogens with two attached hydrogens (primary N) is 1. The lowest BCUT2D eigenvalue weighted by Gasteiger charge is -2.30. The highest BCUT2D eigenvalue weighted by Gasteiger charge is 2.18. The number of ether oxygens (including phenoxy) is 1. The van der Waals surface area contributed by atoms with E-state index in [0.717, 1.165) is 26.1 Å². The molecule has 16 heavy (non-hydrogen) atoms.